The Balaban J connectivity index is 0.00000441. The van der Waals surface area contributed by atoms with Gasteiger partial charge in [0.05, 0.1) is 32.1 Å². The molecule has 0 unspecified atom stereocenters. The number of aromatic nitrogens is 1. The largest absolute Gasteiger partial charge is 0.382 e. The quantitative estimate of drug-likeness (QED) is 0.271. The fraction of sp³-hybridized carbons (Fsp3) is 0.714. The van der Waals surface area contributed by atoms with Gasteiger partial charge in [0.2, 0.25) is 0 Å². The van der Waals surface area contributed by atoms with E-state index in [2.05, 4.69) is 34.6 Å². The molecule has 0 aliphatic rings. The molecular weight excluding hydrogens is 399 g/mol. The molecular formula is C14H27IN4O3. The van der Waals surface area contributed by atoms with E-state index < -0.39 is 0 Å². The SMILES string of the molecule is CN=C(NCCOCCOC)NCc1cc(C(C)C)no1.I. The summed E-state index contributed by atoms with van der Waals surface area (Å²) in [6.45, 7) is 7.19. The summed E-state index contributed by atoms with van der Waals surface area (Å²) in [5.41, 5.74) is 0.960. The number of rotatable bonds is 9. The van der Waals surface area contributed by atoms with Gasteiger partial charge in [-0.3, -0.25) is 4.99 Å². The highest BCUT2D eigenvalue weighted by atomic mass is 127. The Morgan fingerprint density at radius 1 is 1.32 bits per heavy atom. The fourth-order valence-corrected chi connectivity index (χ4v) is 1.56. The second-order valence-electron chi connectivity index (χ2n) is 4.83. The molecule has 1 aromatic heterocycles. The lowest BCUT2D eigenvalue weighted by atomic mass is 10.1. The highest BCUT2D eigenvalue weighted by Gasteiger charge is 2.07. The predicted molar refractivity (Wildman–Crippen MR) is 96.9 cm³/mol. The van der Waals surface area contributed by atoms with Crippen LogP contribution in [0.1, 0.15) is 31.2 Å². The van der Waals surface area contributed by atoms with E-state index in [9.17, 15) is 0 Å². The first-order chi connectivity index (χ1) is 10.2. The minimum atomic E-state index is 0. The van der Waals surface area contributed by atoms with Crippen molar-refractivity contribution in [3.05, 3.63) is 17.5 Å². The van der Waals surface area contributed by atoms with Crippen LogP contribution in [0.4, 0.5) is 0 Å². The van der Waals surface area contributed by atoms with E-state index in [1.54, 1.807) is 14.2 Å². The highest BCUT2D eigenvalue weighted by molar-refractivity contribution is 14.0. The topological polar surface area (TPSA) is 80.9 Å². The zero-order valence-electron chi connectivity index (χ0n) is 13.7. The third kappa shape index (κ3) is 8.54. The first-order valence-electron chi connectivity index (χ1n) is 7.14. The Morgan fingerprint density at radius 3 is 2.68 bits per heavy atom. The van der Waals surface area contributed by atoms with Crippen molar-refractivity contribution in [1.29, 1.82) is 0 Å². The normalized spacial score (nSPS) is 11.4. The van der Waals surface area contributed by atoms with Gasteiger partial charge >= 0.3 is 0 Å². The van der Waals surface area contributed by atoms with Gasteiger partial charge in [-0.05, 0) is 5.92 Å². The number of halogens is 1. The monoisotopic (exact) mass is 426 g/mol. The fourth-order valence-electron chi connectivity index (χ4n) is 1.56. The van der Waals surface area contributed by atoms with Crippen LogP contribution < -0.4 is 10.6 Å². The summed E-state index contributed by atoms with van der Waals surface area (Å²) < 4.78 is 15.5. The van der Waals surface area contributed by atoms with E-state index in [0.29, 0.717) is 44.8 Å². The van der Waals surface area contributed by atoms with Gasteiger partial charge in [0.1, 0.15) is 0 Å². The molecule has 0 saturated carbocycles. The molecule has 0 saturated heterocycles. The number of hydrogen-bond acceptors (Lipinski definition) is 5. The Morgan fingerprint density at radius 2 is 2.09 bits per heavy atom. The van der Waals surface area contributed by atoms with Crippen LogP contribution in [0.5, 0.6) is 0 Å². The molecule has 7 nitrogen and oxygen atoms in total. The Kier molecular flexibility index (Phi) is 12.2. The summed E-state index contributed by atoms with van der Waals surface area (Å²) in [5, 5.41) is 10.3. The van der Waals surface area contributed by atoms with E-state index in [4.69, 9.17) is 14.0 Å². The zero-order valence-corrected chi connectivity index (χ0v) is 16.0. The first-order valence-corrected chi connectivity index (χ1v) is 7.14. The lowest BCUT2D eigenvalue weighted by Gasteiger charge is -2.10. The number of guanidine groups is 1. The number of ether oxygens (including phenoxy) is 2. The van der Waals surface area contributed by atoms with E-state index in [1.807, 2.05) is 6.07 Å². The molecule has 0 fully saturated rings. The maximum atomic E-state index is 5.36. The lowest BCUT2D eigenvalue weighted by Crippen LogP contribution is -2.38. The average Bonchev–Trinajstić information content (AvgIpc) is 2.95. The molecule has 0 radical (unpaired) electrons. The van der Waals surface area contributed by atoms with Crippen molar-refractivity contribution in [2.24, 2.45) is 4.99 Å². The molecule has 128 valence electrons. The van der Waals surface area contributed by atoms with Crippen molar-refractivity contribution in [1.82, 2.24) is 15.8 Å². The predicted octanol–water partition coefficient (Wildman–Crippen LogP) is 1.74. The number of methoxy groups -OCH3 is 1. The summed E-state index contributed by atoms with van der Waals surface area (Å²) in [6.07, 6.45) is 0. The standard InChI is InChI=1S/C14H26N4O3.HI/c1-11(2)13-9-12(21-18-13)10-17-14(15-3)16-5-6-20-8-7-19-4;/h9,11H,5-8,10H2,1-4H3,(H2,15,16,17);1H. The van der Waals surface area contributed by atoms with Crippen LogP contribution in [0.15, 0.2) is 15.6 Å². The first kappa shape index (κ1) is 21.1. The molecule has 2 N–H and O–H groups in total. The van der Waals surface area contributed by atoms with Crippen molar-refractivity contribution in [3.8, 4) is 0 Å². The molecule has 0 aliphatic carbocycles. The van der Waals surface area contributed by atoms with E-state index in [0.717, 1.165) is 11.5 Å². The van der Waals surface area contributed by atoms with Crippen molar-refractivity contribution >= 4 is 29.9 Å². The third-order valence-electron chi connectivity index (χ3n) is 2.79. The second kappa shape index (κ2) is 12.7. The molecule has 1 heterocycles. The smallest absolute Gasteiger partial charge is 0.191 e. The molecule has 0 bridgehead atoms. The van der Waals surface area contributed by atoms with Crippen molar-refractivity contribution in [2.45, 2.75) is 26.3 Å². The molecule has 1 rings (SSSR count). The summed E-state index contributed by atoms with van der Waals surface area (Å²) in [6, 6.07) is 1.96. The number of hydrogen-bond donors (Lipinski definition) is 2. The van der Waals surface area contributed by atoms with E-state index in [-0.39, 0.29) is 24.0 Å². The van der Waals surface area contributed by atoms with Crippen LogP contribution in [-0.2, 0) is 16.0 Å². The maximum Gasteiger partial charge on any atom is 0.191 e. The van der Waals surface area contributed by atoms with Gasteiger partial charge in [0.15, 0.2) is 11.7 Å². The number of aliphatic imine (C=N–C) groups is 1. The van der Waals surface area contributed by atoms with E-state index >= 15 is 0 Å². The van der Waals surface area contributed by atoms with Crippen LogP contribution in [0, 0.1) is 0 Å². The van der Waals surface area contributed by atoms with Crippen LogP contribution in [0.25, 0.3) is 0 Å². The van der Waals surface area contributed by atoms with E-state index in [1.165, 1.54) is 0 Å². The third-order valence-corrected chi connectivity index (χ3v) is 2.79. The summed E-state index contributed by atoms with van der Waals surface area (Å²) in [5.74, 6) is 1.86. The minimum absolute atomic E-state index is 0. The average molecular weight is 426 g/mol. The molecule has 0 aliphatic heterocycles. The van der Waals surface area contributed by atoms with Gasteiger partial charge in [-0.2, -0.15) is 0 Å². The summed E-state index contributed by atoms with van der Waals surface area (Å²) >= 11 is 0. The lowest BCUT2D eigenvalue weighted by molar-refractivity contribution is 0.0733. The molecule has 0 atom stereocenters. The van der Waals surface area contributed by atoms with Crippen molar-refractivity contribution < 1.29 is 14.0 Å². The van der Waals surface area contributed by atoms with Gasteiger partial charge in [-0.25, -0.2) is 0 Å². The molecule has 0 amide bonds. The van der Waals surface area contributed by atoms with Gasteiger partial charge in [0.25, 0.3) is 0 Å². The van der Waals surface area contributed by atoms with Gasteiger partial charge in [0, 0.05) is 26.8 Å². The molecule has 0 aromatic carbocycles. The van der Waals surface area contributed by atoms with Crippen LogP contribution >= 0.6 is 24.0 Å². The molecule has 1 aromatic rings. The van der Waals surface area contributed by atoms with Crippen LogP contribution in [0.2, 0.25) is 0 Å². The number of nitrogens with zero attached hydrogens (tertiary/aromatic N) is 2. The van der Waals surface area contributed by atoms with Gasteiger partial charge < -0.3 is 24.6 Å². The Labute approximate surface area is 149 Å². The maximum absolute atomic E-state index is 5.36. The van der Waals surface area contributed by atoms with Crippen LogP contribution in [-0.4, -0.2) is 51.6 Å². The molecule has 22 heavy (non-hydrogen) atoms. The van der Waals surface area contributed by atoms with Crippen molar-refractivity contribution in [2.75, 3.05) is 40.5 Å². The highest BCUT2D eigenvalue weighted by Crippen LogP contribution is 2.13. The Hall–Kier alpha value is -0.870. The minimum Gasteiger partial charge on any atom is -0.382 e. The molecule has 0 spiro atoms. The number of nitrogens with one attached hydrogen (secondary N) is 2. The van der Waals surface area contributed by atoms with Crippen LogP contribution in [0.3, 0.4) is 0 Å². The molecule has 8 heteroatoms. The summed E-state index contributed by atoms with van der Waals surface area (Å²) in [4.78, 5) is 4.13. The van der Waals surface area contributed by atoms with Gasteiger partial charge in [-0.15, -0.1) is 24.0 Å². The Bertz CT molecular complexity index is 424. The van der Waals surface area contributed by atoms with Gasteiger partial charge in [-0.1, -0.05) is 19.0 Å². The second-order valence-corrected chi connectivity index (χ2v) is 4.83. The summed E-state index contributed by atoms with van der Waals surface area (Å²) in [7, 11) is 3.38. The van der Waals surface area contributed by atoms with Crippen molar-refractivity contribution in [3.63, 3.8) is 0 Å². The zero-order chi connectivity index (χ0) is 15.5.